The number of nitrogens with zero attached hydrogens (tertiary/aromatic N) is 1. The van der Waals surface area contributed by atoms with Gasteiger partial charge in [0.15, 0.2) is 0 Å². The maximum Gasteiger partial charge on any atom is 0.417 e. The Balaban J connectivity index is 2.12. The van der Waals surface area contributed by atoms with Crippen molar-refractivity contribution in [1.29, 1.82) is 5.26 Å². The summed E-state index contributed by atoms with van der Waals surface area (Å²) in [5.74, 6) is 4.91. The average Bonchev–Trinajstić information content (AvgIpc) is 2.66. The van der Waals surface area contributed by atoms with Crippen LogP contribution in [0.4, 0.5) is 13.2 Å². The Kier molecular flexibility index (Phi) is 5.90. The van der Waals surface area contributed by atoms with Gasteiger partial charge in [-0.05, 0) is 60.4 Å². The number of phenolic OH excluding ortho intramolecular Hbond substituents is 1. The van der Waals surface area contributed by atoms with Crippen LogP contribution in [-0.2, 0) is 6.18 Å². The van der Waals surface area contributed by atoms with Crippen LogP contribution < -0.4 is 0 Å². The maximum absolute atomic E-state index is 13.3. The first-order valence-electron chi connectivity index (χ1n) is 8.88. The van der Waals surface area contributed by atoms with Crippen LogP contribution >= 0.6 is 0 Å². The first kappa shape index (κ1) is 20.0. The van der Waals surface area contributed by atoms with Crippen molar-refractivity contribution in [3.63, 3.8) is 0 Å². The van der Waals surface area contributed by atoms with Crippen molar-refractivity contribution >= 4 is 5.57 Å². The number of phenols is 1. The number of hydrogen-bond donors (Lipinski definition) is 1. The highest BCUT2D eigenvalue weighted by molar-refractivity contribution is 5.80. The maximum atomic E-state index is 13.3. The fourth-order valence-electron chi connectivity index (χ4n) is 2.88. The molecule has 3 rings (SSSR count). The number of allylic oxidation sites excluding steroid dienone is 6. The van der Waals surface area contributed by atoms with E-state index in [1.807, 2.05) is 30.4 Å². The number of benzene rings is 2. The molecule has 144 valence electrons. The van der Waals surface area contributed by atoms with Gasteiger partial charge in [-0.25, -0.2) is 0 Å². The smallest absolute Gasteiger partial charge is 0.417 e. The van der Waals surface area contributed by atoms with E-state index in [0.717, 1.165) is 24.5 Å². The van der Waals surface area contributed by atoms with E-state index in [4.69, 9.17) is 0 Å². The summed E-state index contributed by atoms with van der Waals surface area (Å²) in [5, 5.41) is 18.6. The van der Waals surface area contributed by atoms with E-state index in [9.17, 15) is 23.5 Å². The third-order valence-corrected chi connectivity index (χ3v) is 4.31. The number of rotatable bonds is 1. The lowest BCUT2D eigenvalue weighted by atomic mass is 9.95. The molecule has 0 saturated carbocycles. The standard InChI is InChI=1S/C24H16F3NO/c25-24(26,27)23-15-21(29)13-12-20(23)11-10-19-9-8-17(16-28)14-22(19)18-6-4-2-1-3-5-7-18/h2,4-9,12-15,29H,1,3H2/b4-2-,7-5-,18-6+. The van der Waals surface area contributed by atoms with Crippen molar-refractivity contribution in [2.24, 2.45) is 0 Å². The predicted molar refractivity (Wildman–Crippen MR) is 106 cm³/mol. The lowest BCUT2D eigenvalue weighted by Gasteiger charge is -2.10. The van der Waals surface area contributed by atoms with E-state index in [1.165, 1.54) is 6.07 Å². The normalized spacial score (nSPS) is 17.5. The topological polar surface area (TPSA) is 44.0 Å². The Bertz CT molecular complexity index is 1120. The summed E-state index contributed by atoms with van der Waals surface area (Å²) in [7, 11) is 0. The quantitative estimate of drug-likeness (QED) is 0.609. The molecule has 0 unspecified atom stereocenters. The lowest BCUT2D eigenvalue weighted by Crippen LogP contribution is -2.07. The summed E-state index contributed by atoms with van der Waals surface area (Å²) in [6.07, 6.45) is 6.92. The van der Waals surface area contributed by atoms with Crippen LogP contribution in [0.25, 0.3) is 5.57 Å². The van der Waals surface area contributed by atoms with Gasteiger partial charge in [0.2, 0.25) is 0 Å². The van der Waals surface area contributed by atoms with Crippen molar-refractivity contribution in [2.75, 3.05) is 0 Å². The monoisotopic (exact) mass is 391 g/mol. The van der Waals surface area contributed by atoms with Crippen LogP contribution in [0.2, 0.25) is 0 Å². The Hall–Kier alpha value is -3.70. The Morgan fingerprint density at radius 1 is 0.931 bits per heavy atom. The van der Waals surface area contributed by atoms with Crippen LogP contribution in [0, 0.1) is 23.2 Å². The number of nitriles is 1. The molecule has 1 aliphatic rings. The minimum Gasteiger partial charge on any atom is -0.508 e. The van der Waals surface area contributed by atoms with Gasteiger partial charge in [-0.15, -0.1) is 0 Å². The number of alkyl halides is 3. The molecule has 2 aromatic rings. The number of halogens is 3. The van der Waals surface area contributed by atoms with Gasteiger partial charge in [-0.2, -0.15) is 18.4 Å². The van der Waals surface area contributed by atoms with E-state index in [-0.39, 0.29) is 5.56 Å². The average molecular weight is 391 g/mol. The minimum atomic E-state index is -4.63. The van der Waals surface area contributed by atoms with E-state index in [0.29, 0.717) is 22.8 Å². The van der Waals surface area contributed by atoms with Gasteiger partial charge in [0, 0.05) is 11.1 Å². The Labute approximate surface area is 166 Å². The van der Waals surface area contributed by atoms with Gasteiger partial charge < -0.3 is 5.11 Å². The molecule has 1 aliphatic carbocycles. The van der Waals surface area contributed by atoms with Gasteiger partial charge in [0.25, 0.3) is 0 Å². The van der Waals surface area contributed by atoms with Crippen LogP contribution in [0.15, 0.2) is 66.8 Å². The highest BCUT2D eigenvalue weighted by Crippen LogP contribution is 2.34. The van der Waals surface area contributed by atoms with Gasteiger partial charge in [0.05, 0.1) is 17.2 Å². The third-order valence-electron chi connectivity index (χ3n) is 4.31. The van der Waals surface area contributed by atoms with Gasteiger partial charge in [-0.3, -0.25) is 0 Å². The van der Waals surface area contributed by atoms with Crippen molar-refractivity contribution in [1.82, 2.24) is 0 Å². The molecule has 0 heterocycles. The second kappa shape index (κ2) is 8.54. The summed E-state index contributed by atoms with van der Waals surface area (Å²) in [5.41, 5.74) is 1.22. The first-order valence-corrected chi connectivity index (χ1v) is 8.88. The van der Waals surface area contributed by atoms with Crippen molar-refractivity contribution < 1.29 is 18.3 Å². The largest absolute Gasteiger partial charge is 0.508 e. The second-order valence-corrected chi connectivity index (χ2v) is 6.38. The summed E-state index contributed by atoms with van der Waals surface area (Å²) < 4.78 is 39.8. The summed E-state index contributed by atoms with van der Waals surface area (Å²) >= 11 is 0. The Morgan fingerprint density at radius 2 is 1.66 bits per heavy atom. The lowest BCUT2D eigenvalue weighted by molar-refractivity contribution is -0.137. The highest BCUT2D eigenvalue weighted by atomic mass is 19.4. The predicted octanol–water partition coefficient (Wildman–Crippen LogP) is 5.97. The SMILES string of the molecule is N#Cc1ccc(C#Cc2ccc(O)cc2C(F)(F)F)c(C2=C/C=C\CC/C=C\2)c1. The van der Waals surface area contributed by atoms with Crippen molar-refractivity contribution in [3.8, 4) is 23.7 Å². The van der Waals surface area contributed by atoms with Crippen LogP contribution in [0.5, 0.6) is 5.75 Å². The second-order valence-electron chi connectivity index (χ2n) is 6.38. The summed E-state index contributed by atoms with van der Waals surface area (Å²) in [6, 6.07) is 9.94. The van der Waals surface area contributed by atoms with Crippen LogP contribution in [0.3, 0.4) is 0 Å². The number of aromatic hydroxyl groups is 1. The highest BCUT2D eigenvalue weighted by Gasteiger charge is 2.33. The molecular formula is C24H16F3NO. The third kappa shape index (κ3) is 4.97. The molecule has 0 bridgehead atoms. The zero-order valence-corrected chi connectivity index (χ0v) is 15.3. The molecular weight excluding hydrogens is 375 g/mol. The minimum absolute atomic E-state index is 0.229. The first-order chi connectivity index (χ1) is 13.9. The fraction of sp³-hybridized carbons (Fsp3) is 0.125. The van der Waals surface area contributed by atoms with Crippen LogP contribution in [0.1, 0.15) is 40.7 Å². The molecule has 0 aliphatic heterocycles. The number of hydrogen-bond acceptors (Lipinski definition) is 2. The van der Waals surface area contributed by atoms with Gasteiger partial charge in [-0.1, -0.05) is 42.2 Å². The van der Waals surface area contributed by atoms with E-state index in [2.05, 4.69) is 17.9 Å². The molecule has 0 radical (unpaired) electrons. The van der Waals surface area contributed by atoms with Crippen molar-refractivity contribution in [3.05, 3.63) is 94.6 Å². The van der Waals surface area contributed by atoms with Crippen LogP contribution in [-0.4, -0.2) is 5.11 Å². The van der Waals surface area contributed by atoms with E-state index in [1.54, 1.807) is 18.2 Å². The van der Waals surface area contributed by atoms with E-state index >= 15 is 0 Å². The fourth-order valence-corrected chi connectivity index (χ4v) is 2.88. The van der Waals surface area contributed by atoms with Gasteiger partial charge in [0.1, 0.15) is 5.75 Å². The molecule has 0 aromatic heterocycles. The summed E-state index contributed by atoms with van der Waals surface area (Å²) in [4.78, 5) is 0. The molecule has 0 amide bonds. The zero-order valence-electron chi connectivity index (χ0n) is 15.3. The molecule has 0 spiro atoms. The Morgan fingerprint density at radius 3 is 2.41 bits per heavy atom. The zero-order chi connectivity index (χ0) is 20.9. The molecule has 5 heteroatoms. The van der Waals surface area contributed by atoms with E-state index < -0.39 is 17.5 Å². The van der Waals surface area contributed by atoms with Gasteiger partial charge >= 0.3 is 6.18 Å². The molecule has 0 atom stereocenters. The molecule has 0 saturated heterocycles. The molecule has 0 fully saturated rings. The molecule has 29 heavy (non-hydrogen) atoms. The molecule has 2 nitrogen and oxygen atoms in total. The van der Waals surface area contributed by atoms with Crippen molar-refractivity contribution in [2.45, 2.75) is 19.0 Å². The molecule has 2 aromatic carbocycles. The molecule has 1 N–H and O–H groups in total. The summed E-state index contributed by atoms with van der Waals surface area (Å²) in [6.45, 7) is 0.